The number of carbonyl (C=O) groups is 1. The van der Waals surface area contributed by atoms with Crippen LogP contribution in [0.25, 0.3) is 10.8 Å². The highest BCUT2D eigenvalue weighted by atomic mass is 32.2. The number of hydrogen-bond donors (Lipinski definition) is 1. The Morgan fingerprint density at radius 3 is 2.52 bits per heavy atom. The van der Waals surface area contributed by atoms with Gasteiger partial charge >= 0.3 is 0 Å². The quantitative estimate of drug-likeness (QED) is 0.764. The number of hydrogen-bond acceptors (Lipinski definition) is 3. The van der Waals surface area contributed by atoms with Gasteiger partial charge in [-0.2, -0.15) is 0 Å². The Kier molecular flexibility index (Phi) is 3.46. The molecule has 3 aromatic carbocycles. The summed E-state index contributed by atoms with van der Waals surface area (Å²) in [6.45, 7) is 0. The molecule has 23 heavy (non-hydrogen) atoms. The van der Waals surface area contributed by atoms with Crippen LogP contribution in [0.4, 0.5) is 5.69 Å². The molecular weight excluding hydrogens is 306 g/mol. The molecule has 1 atom stereocenters. The van der Waals surface area contributed by atoms with Crippen LogP contribution >= 0.6 is 11.8 Å². The zero-order chi connectivity index (χ0) is 15.8. The number of carbonyl (C=O) groups excluding carboxylic acids is 1. The van der Waals surface area contributed by atoms with Crippen LogP contribution in [0.3, 0.4) is 0 Å². The average Bonchev–Trinajstić information content (AvgIpc) is 2.96. The van der Waals surface area contributed by atoms with Crippen molar-refractivity contribution in [1.82, 2.24) is 0 Å². The van der Waals surface area contributed by atoms with Gasteiger partial charge in [-0.15, -0.1) is 11.8 Å². The maximum absolute atomic E-state index is 12.5. The molecule has 1 aliphatic heterocycles. The van der Waals surface area contributed by atoms with Crippen LogP contribution < -0.4 is 4.90 Å². The summed E-state index contributed by atoms with van der Waals surface area (Å²) >= 11 is 1.62. The van der Waals surface area contributed by atoms with Crippen LogP contribution in [0, 0.1) is 0 Å². The zero-order valence-corrected chi connectivity index (χ0v) is 13.2. The molecule has 1 amide bonds. The number of phenolic OH excluding ortho intramolecular Hbond substituents is 1. The predicted molar refractivity (Wildman–Crippen MR) is 94.7 cm³/mol. The van der Waals surface area contributed by atoms with Gasteiger partial charge in [-0.3, -0.25) is 9.69 Å². The molecule has 4 rings (SSSR count). The van der Waals surface area contributed by atoms with E-state index in [1.165, 1.54) is 0 Å². The molecule has 4 heteroatoms. The second kappa shape index (κ2) is 5.63. The molecule has 1 N–H and O–H groups in total. The van der Waals surface area contributed by atoms with E-state index < -0.39 is 0 Å². The van der Waals surface area contributed by atoms with E-state index in [2.05, 4.69) is 18.2 Å². The van der Waals surface area contributed by atoms with E-state index >= 15 is 0 Å². The minimum Gasteiger partial charge on any atom is -0.508 e. The number of thioether (sulfide) groups is 1. The van der Waals surface area contributed by atoms with Crippen molar-refractivity contribution in [2.24, 2.45) is 0 Å². The molecule has 0 radical (unpaired) electrons. The second-order valence-electron chi connectivity index (χ2n) is 5.52. The highest BCUT2D eigenvalue weighted by Crippen LogP contribution is 2.44. The maximum atomic E-state index is 12.5. The molecule has 1 saturated heterocycles. The van der Waals surface area contributed by atoms with Crippen molar-refractivity contribution >= 4 is 34.1 Å². The number of phenols is 1. The third-order valence-corrected chi connectivity index (χ3v) is 5.28. The van der Waals surface area contributed by atoms with Crippen molar-refractivity contribution < 1.29 is 9.90 Å². The van der Waals surface area contributed by atoms with Crippen molar-refractivity contribution in [2.45, 2.75) is 5.37 Å². The van der Waals surface area contributed by atoms with Crippen LogP contribution in [-0.2, 0) is 4.79 Å². The number of rotatable bonds is 2. The molecule has 0 aliphatic carbocycles. The number of benzene rings is 3. The molecule has 0 bridgehead atoms. The number of amides is 1. The molecule has 0 aromatic heterocycles. The fraction of sp³-hybridized carbons (Fsp3) is 0.105. The average molecular weight is 321 g/mol. The van der Waals surface area contributed by atoms with E-state index in [1.807, 2.05) is 41.3 Å². The first-order valence-corrected chi connectivity index (χ1v) is 8.49. The minimum atomic E-state index is -0.0612. The van der Waals surface area contributed by atoms with Gasteiger partial charge in [0.15, 0.2) is 0 Å². The van der Waals surface area contributed by atoms with Crippen molar-refractivity contribution in [3.63, 3.8) is 0 Å². The molecule has 3 nitrogen and oxygen atoms in total. The van der Waals surface area contributed by atoms with Gasteiger partial charge in [-0.1, -0.05) is 48.5 Å². The fourth-order valence-electron chi connectivity index (χ4n) is 2.99. The summed E-state index contributed by atoms with van der Waals surface area (Å²) in [7, 11) is 0. The molecule has 1 unspecified atom stereocenters. The van der Waals surface area contributed by atoms with Crippen molar-refractivity contribution in [2.75, 3.05) is 10.7 Å². The Hall–Kier alpha value is -2.46. The summed E-state index contributed by atoms with van der Waals surface area (Å²) in [5.41, 5.74) is 1.96. The van der Waals surface area contributed by atoms with Crippen LogP contribution in [0.1, 0.15) is 10.9 Å². The van der Waals surface area contributed by atoms with Gasteiger partial charge in [0.1, 0.15) is 11.1 Å². The Bertz CT molecular complexity index is 871. The molecule has 0 spiro atoms. The van der Waals surface area contributed by atoms with Gasteiger partial charge in [0.25, 0.3) is 0 Å². The largest absolute Gasteiger partial charge is 0.508 e. The van der Waals surface area contributed by atoms with Gasteiger partial charge in [0.2, 0.25) is 5.91 Å². The molecular formula is C19H15NO2S. The first kappa shape index (κ1) is 14.2. The van der Waals surface area contributed by atoms with E-state index in [1.54, 1.807) is 23.9 Å². The molecule has 3 aromatic rings. The number of aromatic hydroxyl groups is 1. The minimum absolute atomic E-state index is 0.0612. The first-order chi connectivity index (χ1) is 11.2. The SMILES string of the molecule is O=C1CSC(c2ccc(O)cc2)N1c1cccc2ccccc12. The lowest BCUT2D eigenvalue weighted by Crippen LogP contribution is -2.27. The van der Waals surface area contributed by atoms with Crippen LogP contribution in [0.15, 0.2) is 66.7 Å². The molecule has 1 aliphatic rings. The topological polar surface area (TPSA) is 40.5 Å². The van der Waals surface area contributed by atoms with E-state index in [0.29, 0.717) is 5.75 Å². The Morgan fingerprint density at radius 1 is 0.957 bits per heavy atom. The summed E-state index contributed by atoms with van der Waals surface area (Å²) in [6, 6.07) is 21.2. The van der Waals surface area contributed by atoms with Crippen molar-refractivity contribution in [3.8, 4) is 5.75 Å². The van der Waals surface area contributed by atoms with Gasteiger partial charge in [-0.05, 0) is 29.1 Å². The molecule has 114 valence electrons. The standard InChI is InChI=1S/C19H15NO2S/c21-15-10-8-14(9-11-15)19-20(18(22)12-23-19)17-7-3-5-13-4-1-2-6-16(13)17/h1-11,19,21H,12H2. The lowest BCUT2D eigenvalue weighted by Gasteiger charge is -2.25. The maximum Gasteiger partial charge on any atom is 0.238 e. The van der Waals surface area contributed by atoms with Crippen molar-refractivity contribution in [3.05, 3.63) is 72.3 Å². The lowest BCUT2D eigenvalue weighted by atomic mass is 10.1. The van der Waals surface area contributed by atoms with Crippen LogP contribution in [0.5, 0.6) is 5.75 Å². The molecule has 0 saturated carbocycles. The Balaban J connectivity index is 1.84. The lowest BCUT2D eigenvalue weighted by molar-refractivity contribution is -0.115. The third-order valence-electron chi connectivity index (χ3n) is 4.07. The Morgan fingerprint density at radius 2 is 1.70 bits per heavy atom. The smallest absolute Gasteiger partial charge is 0.238 e. The number of fused-ring (bicyclic) bond motifs is 1. The summed E-state index contributed by atoms with van der Waals surface area (Å²) in [5.74, 6) is 0.818. The first-order valence-electron chi connectivity index (χ1n) is 7.44. The Labute approximate surface area is 138 Å². The molecule has 1 heterocycles. The second-order valence-corrected chi connectivity index (χ2v) is 6.59. The van der Waals surface area contributed by atoms with Crippen LogP contribution in [-0.4, -0.2) is 16.8 Å². The van der Waals surface area contributed by atoms with Crippen LogP contribution in [0.2, 0.25) is 0 Å². The predicted octanol–water partition coefficient (Wildman–Crippen LogP) is 4.32. The van der Waals surface area contributed by atoms with Gasteiger partial charge in [0.05, 0.1) is 11.4 Å². The molecule has 1 fully saturated rings. The van der Waals surface area contributed by atoms with E-state index in [9.17, 15) is 9.90 Å². The van der Waals surface area contributed by atoms with Gasteiger partial charge in [-0.25, -0.2) is 0 Å². The van der Waals surface area contributed by atoms with E-state index in [0.717, 1.165) is 22.0 Å². The van der Waals surface area contributed by atoms with Crippen molar-refractivity contribution in [1.29, 1.82) is 0 Å². The zero-order valence-electron chi connectivity index (χ0n) is 12.3. The van der Waals surface area contributed by atoms with E-state index in [4.69, 9.17) is 0 Å². The third kappa shape index (κ3) is 2.45. The summed E-state index contributed by atoms with van der Waals surface area (Å²) in [4.78, 5) is 14.4. The highest BCUT2D eigenvalue weighted by molar-refractivity contribution is 8.00. The highest BCUT2D eigenvalue weighted by Gasteiger charge is 2.34. The van der Waals surface area contributed by atoms with E-state index in [-0.39, 0.29) is 17.0 Å². The summed E-state index contributed by atoms with van der Waals surface area (Å²) < 4.78 is 0. The normalized spacial score (nSPS) is 17.8. The number of anilines is 1. The summed E-state index contributed by atoms with van der Waals surface area (Å²) in [6.07, 6.45) is 0. The summed E-state index contributed by atoms with van der Waals surface area (Å²) in [5, 5.41) is 11.6. The van der Waals surface area contributed by atoms with Gasteiger partial charge in [0, 0.05) is 5.39 Å². The fourth-order valence-corrected chi connectivity index (χ4v) is 4.16. The monoisotopic (exact) mass is 321 g/mol. The number of nitrogens with zero attached hydrogens (tertiary/aromatic N) is 1. The van der Waals surface area contributed by atoms with Gasteiger partial charge < -0.3 is 5.11 Å².